The van der Waals surface area contributed by atoms with Crippen molar-refractivity contribution in [1.29, 1.82) is 0 Å². The number of carbonyl (C=O) groups excluding carboxylic acids is 1. The van der Waals surface area contributed by atoms with E-state index >= 15 is 0 Å². The molecule has 1 fully saturated rings. The van der Waals surface area contributed by atoms with Gasteiger partial charge in [0.2, 0.25) is 0 Å². The molecule has 0 spiro atoms. The van der Waals surface area contributed by atoms with Crippen molar-refractivity contribution in [2.75, 3.05) is 11.5 Å². The first kappa shape index (κ1) is 22.3. The molecule has 0 bridgehead atoms. The van der Waals surface area contributed by atoms with Crippen molar-refractivity contribution >= 4 is 67.9 Å². The smallest absolute Gasteiger partial charge is 0.344 e. The number of anilines is 1. The van der Waals surface area contributed by atoms with E-state index in [2.05, 4.69) is 15.9 Å². The second kappa shape index (κ2) is 9.63. The third kappa shape index (κ3) is 4.85. The zero-order chi connectivity index (χ0) is 21.8. The Labute approximate surface area is 192 Å². The number of ether oxygens (including phenoxy) is 2. The van der Waals surface area contributed by atoms with Crippen LogP contribution in [0.25, 0.3) is 6.08 Å². The lowest BCUT2D eigenvalue weighted by atomic mass is 10.1. The number of para-hydroxylation sites is 1. The van der Waals surface area contributed by atoms with Crippen LogP contribution < -0.4 is 14.4 Å². The van der Waals surface area contributed by atoms with Gasteiger partial charge in [0.1, 0.15) is 0 Å². The molecular formula is C21H18BrNO5S2. The van der Waals surface area contributed by atoms with Crippen LogP contribution in [0, 0.1) is 0 Å². The number of nitrogens with zero attached hydrogens (tertiary/aromatic N) is 1. The number of carboxylic acid groups (broad SMARTS) is 1. The molecule has 6 nitrogen and oxygen atoms in total. The third-order valence-corrected chi connectivity index (χ3v) is 6.08. The van der Waals surface area contributed by atoms with Crippen LogP contribution in [-0.2, 0) is 9.59 Å². The van der Waals surface area contributed by atoms with Crippen molar-refractivity contribution in [3.05, 3.63) is 57.4 Å². The van der Waals surface area contributed by atoms with Gasteiger partial charge in [0.15, 0.2) is 21.9 Å². The van der Waals surface area contributed by atoms with E-state index in [1.165, 1.54) is 23.6 Å². The molecule has 1 amide bonds. The van der Waals surface area contributed by atoms with Gasteiger partial charge in [-0.1, -0.05) is 42.2 Å². The fourth-order valence-corrected chi connectivity index (χ4v) is 4.43. The standard InChI is InChI=1S/C21H18BrNO5S2/c1-3-27-17-10-13(8-9-16(17)28-12(2)20(25)26)11-18-19(24)23(21(29)30-18)15-7-5-4-6-14(15)22/h4-12H,3H2,1-2H3,(H,25,26)/b18-11+. The molecule has 2 aromatic carbocycles. The molecule has 1 saturated heterocycles. The largest absolute Gasteiger partial charge is 0.490 e. The van der Waals surface area contributed by atoms with E-state index in [0.717, 1.165) is 4.47 Å². The number of benzene rings is 2. The molecular weight excluding hydrogens is 490 g/mol. The number of carboxylic acids is 1. The number of halogens is 1. The Hall–Kier alpha value is -2.36. The van der Waals surface area contributed by atoms with Crippen molar-refractivity contribution in [3.63, 3.8) is 0 Å². The highest BCUT2D eigenvalue weighted by atomic mass is 79.9. The van der Waals surface area contributed by atoms with Crippen LogP contribution in [0.15, 0.2) is 51.8 Å². The number of rotatable bonds is 7. The van der Waals surface area contributed by atoms with Gasteiger partial charge in [-0.05, 0) is 65.7 Å². The Bertz CT molecular complexity index is 1040. The summed E-state index contributed by atoms with van der Waals surface area (Å²) in [5.41, 5.74) is 1.39. The maximum absolute atomic E-state index is 13.0. The van der Waals surface area contributed by atoms with E-state index in [4.69, 9.17) is 26.8 Å². The van der Waals surface area contributed by atoms with E-state index in [9.17, 15) is 9.59 Å². The lowest BCUT2D eigenvalue weighted by Gasteiger charge is -2.16. The lowest BCUT2D eigenvalue weighted by molar-refractivity contribution is -0.144. The summed E-state index contributed by atoms with van der Waals surface area (Å²) in [4.78, 5) is 26.0. The van der Waals surface area contributed by atoms with Gasteiger partial charge in [0, 0.05) is 4.47 Å². The minimum absolute atomic E-state index is 0.213. The molecule has 156 valence electrons. The molecule has 1 N–H and O–H groups in total. The molecule has 9 heteroatoms. The Morgan fingerprint density at radius 3 is 2.70 bits per heavy atom. The topological polar surface area (TPSA) is 76.1 Å². The molecule has 1 aliphatic heterocycles. The number of thioether (sulfide) groups is 1. The van der Waals surface area contributed by atoms with E-state index < -0.39 is 12.1 Å². The summed E-state index contributed by atoms with van der Waals surface area (Å²) in [5, 5.41) is 9.06. The zero-order valence-corrected chi connectivity index (χ0v) is 19.3. The van der Waals surface area contributed by atoms with Crippen LogP contribution in [0.2, 0.25) is 0 Å². The zero-order valence-electron chi connectivity index (χ0n) is 16.1. The quantitative estimate of drug-likeness (QED) is 0.412. The van der Waals surface area contributed by atoms with Crippen LogP contribution in [-0.4, -0.2) is 34.0 Å². The number of aliphatic carboxylic acids is 1. The number of amides is 1. The van der Waals surface area contributed by atoms with E-state index in [1.54, 1.807) is 24.3 Å². The van der Waals surface area contributed by atoms with Gasteiger partial charge < -0.3 is 14.6 Å². The molecule has 1 heterocycles. The second-order valence-corrected chi connectivity index (χ2v) is 8.74. The number of carbonyl (C=O) groups is 2. The molecule has 0 radical (unpaired) electrons. The van der Waals surface area contributed by atoms with Crippen LogP contribution in [0.4, 0.5) is 5.69 Å². The highest BCUT2D eigenvalue weighted by Crippen LogP contribution is 2.39. The summed E-state index contributed by atoms with van der Waals surface area (Å²) in [6.07, 6.45) is 0.707. The van der Waals surface area contributed by atoms with E-state index in [1.807, 2.05) is 31.2 Å². The van der Waals surface area contributed by atoms with E-state index in [0.29, 0.717) is 38.6 Å². The first-order valence-corrected chi connectivity index (χ1v) is 11.0. The normalized spacial score (nSPS) is 16.1. The molecule has 30 heavy (non-hydrogen) atoms. The predicted molar refractivity (Wildman–Crippen MR) is 125 cm³/mol. The summed E-state index contributed by atoms with van der Waals surface area (Å²) in [6.45, 7) is 3.64. The minimum atomic E-state index is -1.07. The molecule has 3 rings (SSSR count). The second-order valence-electron chi connectivity index (χ2n) is 6.21. The summed E-state index contributed by atoms with van der Waals surface area (Å²) < 4.78 is 12.3. The monoisotopic (exact) mass is 507 g/mol. The molecule has 0 aliphatic carbocycles. The third-order valence-electron chi connectivity index (χ3n) is 4.10. The van der Waals surface area contributed by atoms with Crippen LogP contribution in [0.5, 0.6) is 11.5 Å². The molecule has 1 unspecified atom stereocenters. The van der Waals surface area contributed by atoms with Crippen LogP contribution in [0.1, 0.15) is 19.4 Å². The van der Waals surface area contributed by atoms with Crippen LogP contribution in [0.3, 0.4) is 0 Å². The fourth-order valence-electron chi connectivity index (χ4n) is 2.68. The van der Waals surface area contributed by atoms with Crippen molar-refractivity contribution < 1.29 is 24.2 Å². The Morgan fingerprint density at radius 2 is 2.03 bits per heavy atom. The Morgan fingerprint density at radius 1 is 1.30 bits per heavy atom. The van der Waals surface area contributed by atoms with Gasteiger partial charge in [0.05, 0.1) is 17.2 Å². The molecule has 0 saturated carbocycles. The first-order chi connectivity index (χ1) is 14.3. The molecule has 1 aliphatic rings. The SMILES string of the molecule is CCOc1cc(/C=C2/SC(=S)N(c3ccccc3Br)C2=O)ccc1OC(C)C(=O)O. The van der Waals surface area contributed by atoms with Gasteiger partial charge in [-0.15, -0.1) is 0 Å². The van der Waals surface area contributed by atoms with Crippen molar-refractivity contribution in [2.24, 2.45) is 0 Å². The summed E-state index contributed by atoms with van der Waals surface area (Å²) >= 11 is 10.1. The average molecular weight is 508 g/mol. The van der Waals surface area contributed by atoms with Gasteiger partial charge in [0.25, 0.3) is 5.91 Å². The van der Waals surface area contributed by atoms with Crippen molar-refractivity contribution in [2.45, 2.75) is 20.0 Å². The molecule has 1 atom stereocenters. The summed E-state index contributed by atoms with van der Waals surface area (Å²) in [7, 11) is 0. The van der Waals surface area contributed by atoms with Gasteiger partial charge in [-0.2, -0.15) is 0 Å². The summed E-state index contributed by atoms with van der Waals surface area (Å²) in [5.74, 6) is -0.558. The average Bonchev–Trinajstić information content (AvgIpc) is 2.97. The predicted octanol–water partition coefficient (Wildman–Crippen LogP) is 5.11. The Balaban J connectivity index is 1.90. The maximum Gasteiger partial charge on any atom is 0.344 e. The lowest BCUT2D eigenvalue weighted by Crippen LogP contribution is -2.27. The first-order valence-electron chi connectivity index (χ1n) is 9.00. The maximum atomic E-state index is 13.0. The molecule has 0 aromatic heterocycles. The van der Waals surface area contributed by atoms with Crippen molar-refractivity contribution in [1.82, 2.24) is 0 Å². The highest BCUT2D eigenvalue weighted by Gasteiger charge is 2.34. The number of thiocarbonyl (C=S) groups is 1. The van der Waals surface area contributed by atoms with Gasteiger partial charge >= 0.3 is 5.97 Å². The highest BCUT2D eigenvalue weighted by molar-refractivity contribution is 9.10. The summed E-state index contributed by atoms with van der Waals surface area (Å²) in [6, 6.07) is 12.4. The van der Waals surface area contributed by atoms with Crippen molar-refractivity contribution in [3.8, 4) is 11.5 Å². The molecule has 2 aromatic rings. The van der Waals surface area contributed by atoms with Gasteiger partial charge in [-0.25, -0.2) is 4.79 Å². The van der Waals surface area contributed by atoms with Crippen LogP contribution >= 0.6 is 39.9 Å². The minimum Gasteiger partial charge on any atom is -0.490 e. The van der Waals surface area contributed by atoms with Gasteiger partial charge in [-0.3, -0.25) is 9.69 Å². The number of hydrogen-bond donors (Lipinski definition) is 1. The van der Waals surface area contributed by atoms with E-state index in [-0.39, 0.29) is 5.91 Å². The Kier molecular flexibility index (Phi) is 7.17. The number of hydrogen-bond acceptors (Lipinski definition) is 6. The fraction of sp³-hybridized carbons (Fsp3) is 0.190.